The molecule has 0 aliphatic rings. The normalized spacial score (nSPS) is 15.0. The van der Waals surface area contributed by atoms with Gasteiger partial charge >= 0.3 is 0 Å². The maximum atomic E-state index is 9.82. The van der Waals surface area contributed by atoms with Gasteiger partial charge in [0.25, 0.3) is 0 Å². The predicted octanol–water partition coefficient (Wildman–Crippen LogP) is 12.6. The maximum Gasteiger partial charge on any atom is 0.136 e. The molecule has 0 atom stereocenters. The summed E-state index contributed by atoms with van der Waals surface area (Å²) in [6, 6.07) is 28.1. The molecule has 0 unspecified atom stereocenters. The van der Waals surface area contributed by atoms with Gasteiger partial charge in [0, 0.05) is 10.8 Å². The van der Waals surface area contributed by atoms with E-state index >= 15 is 0 Å². The Balaban J connectivity index is 1.35. The highest BCUT2D eigenvalue weighted by atomic mass is 16.3. The van der Waals surface area contributed by atoms with Crippen LogP contribution in [0.4, 0.5) is 0 Å². The predicted molar refractivity (Wildman–Crippen MR) is 190 cm³/mol. The van der Waals surface area contributed by atoms with E-state index < -0.39 is 18.1 Å². The van der Waals surface area contributed by atoms with E-state index in [-0.39, 0.29) is 81.4 Å². The zero-order chi connectivity index (χ0) is 39.3. The van der Waals surface area contributed by atoms with Crippen LogP contribution < -0.4 is 0 Å². The fraction of sp³-hybridized carbons (Fsp3) is 0. The molecular formula is C44H28O. The van der Waals surface area contributed by atoms with Crippen LogP contribution in [0.1, 0.15) is 15.1 Å². The van der Waals surface area contributed by atoms with Gasteiger partial charge in [0.1, 0.15) is 11.2 Å². The average molecular weight is 584 g/mol. The summed E-state index contributed by atoms with van der Waals surface area (Å²) in [6.45, 7) is 0. The largest absolute Gasteiger partial charge is 0.456 e. The Morgan fingerprint density at radius 1 is 0.378 bits per heavy atom. The summed E-state index contributed by atoms with van der Waals surface area (Å²) in [6.07, 6.45) is 0. The van der Waals surface area contributed by atoms with E-state index in [4.69, 9.17) is 15.4 Å². The molecule has 0 saturated carbocycles. The maximum absolute atomic E-state index is 9.82. The number of fused-ring (bicyclic) bond motifs is 5. The highest BCUT2D eigenvalue weighted by molar-refractivity contribution is 6.22. The molecular weight excluding hydrogens is 544 g/mol. The number of furan rings is 1. The molecule has 0 aliphatic heterocycles. The first-order chi connectivity index (χ1) is 26.9. The molecule has 9 aromatic rings. The van der Waals surface area contributed by atoms with Gasteiger partial charge in [0.15, 0.2) is 0 Å². The fourth-order valence-electron chi connectivity index (χ4n) is 6.31. The average Bonchev–Trinajstić information content (AvgIpc) is 3.62. The molecule has 0 N–H and O–H groups in total. The smallest absolute Gasteiger partial charge is 0.136 e. The summed E-state index contributed by atoms with van der Waals surface area (Å²) in [5.74, 6) is 0. The molecule has 210 valence electrons. The molecule has 0 bridgehead atoms. The minimum atomic E-state index is -0.455. The van der Waals surface area contributed by atoms with Gasteiger partial charge in [0.05, 0.1) is 15.1 Å². The first kappa shape index (κ1) is 16.8. The van der Waals surface area contributed by atoms with Crippen molar-refractivity contribution in [2.45, 2.75) is 0 Å². The topological polar surface area (TPSA) is 13.1 Å². The quantitative estimate of drug-likeness (QED) is 0.188. The Kier molecular flexibility index (Phi) is 3.87. The highest BCUT2D eigenvalue weighted by Gasteiger charge is 2.19. The van der Waals surface area contributed by atoms with Gasteiger partial charge in [-0.2, -0.15) is 0 Å². The summed E-state index contributed by atoms with van der Waals surface area (Å²) in [5, 5.41) is 3.49. The van der Waals surface area contributed by atoms with E-state index in [1.54, 1.807) is 36.4 Å². The lowest BCUT2D eigenvalue weighted by Crippen LogP contribution is -1.91. The second-order valence-electron chi connectivity index (χ2n) is 10.8. The van der Waals surface area contributed by atoms with Crippen LogP contribution in [0.3, 0.4) is 0 Å². The second kappa shape index (κ2) is 10.4. The lowest BCUT2D eigenvalue weighted by molar-refractivity contribution is 0.669. The molecule has 0 radical (unpaired) electrons. The van der Waals surface area contributed by atoms with Crippen LogP contribution in [0.15, 0.2) is 174 Å². The van der Waals surface area contributed by atoms with Crippen LogP contribution in [0, 0.1) is 0 Å². The monoisotopic (exact) mass is 583 g/mol. The van der Waals surface area contributed by atoms with Gasteiger partial charge in [-0.3, -0.25) is 0 Å². The van der Waals surface area contributed by atoms with Gasteiger partial charge in [0.2, 0.25) is 0 Å². The van der Waals surface area contributed by atoms with Crippen molar-refractivity contribution < 1.29 is 19.5 Å². The van der Waals surface area contributed by atoms with Crippen molar-refractivity contribution in [3.63, 3.8) is 0 Å². The third kappa shape index (κ3) is 4.17. The molecule has 1 aromatic heterocycles. The molecule has 1 heterocycles. The van der Waals surface area contributed by atoms with Crippen LogP contribution in [0.25, 0.3) is 88.0 Å². The Morgan fingerprint density at radius 2 is 0.978 bits per heavy atom. The second-order valence-corrected chi connectivity index (χ2v) is 10.8. The zero-order valence-corrected chi connectivity index (χ0v) is 23.7. The zero-order valence-electron chi connectivity index (χ0n) is 34.7. The Labute approximate surface area is 277 Å². The molecule has 1 nitrogen and oxygen atoms in total. The number of benzene rings is 8. The van der Waals surface area contributed by atoms with Crippen molar-refractivity contribution in [2.75, 3.05) is 0 Å². The van der Waals surface area contributed by atoms with E-state index in [9.17, 15) is 4.11 Å². The van der Waals surface area contributed by atoms with Gasteiger partial charge in [-0.15, -0.1) is 0 Å². The van der Waals surface area contributed by atoms with Gasteiger partial charge < -0.3 is 4.42 Å². The van der Waals surface area contributed by atoms with Crippen molar-refractivity contribution in [3.05, 3.63) is 170 Å². The number of hydrogen-bond acceptors (Lipinski definition) is 1. The molecule has 8 aromatic carbocycles. The summed E-state index contributed by atoms with van der Waals surface area (Å²) in [5.41, 5.74) is 3.80. The molecule has 0 amide bonds. The van der Waals surface area contributed by atoms with Crippen molar-refractivity contribution in [2.24, 2.45) is 0 Å². The van der Waals surface area contributed by atoms with Crippen molar-refractivity contribution in [3.8, 4) is 44.5 Å². The van der Waals surface area contributed by atoms with E-state index in [1.807, 2.05) is 66.7 Å². The van der Waals surface area contributed by atoms with Crippen molar-refractivity contribution in [1.82, 2.24) is 0 Å². The Bertz CT molecular complexity index is 3050. The molecule has 0 spiro atoms. The molecule has 9 rings (SSSR count). The number of hydrogen-bond donors (Lipinski definition) is 0. The van der Waals surface area contributed by atoms with Crippen LogP contribution in [-0.2, 0) is 0 Å². The minimum absolute atomic E-state index is 0.0180. The van der Waals surface area contributed by atoms with Crippen LogP contribution >= 0.6 is 0 Å². The van der Waals surface area contributed by atoms with E-state index in [0.717, 1.165) is 21.9 Å². The van der Waals surface area contributed by atoms with E-state index in [2.05, 4.69) is 0 Å². The SMILES string of the molecule is [2H]c1c([2H])c([2H])c(-c2ccc(-c3c4ccccc4c(-c4c([2H])c([2H])c5oc6c([2H])c([2H])c([2H])c(-c7ccccc7)c6c5c4[2H])c4ccccc34)cc2)c([2H])c1[2H]. The lowest BCUT2D eigenvalue weighted by Gasteiger charge is -2.18. The third-order valence-electron chi connectivity index (χ3n) is 8.28. The Hall–Kier alpha value is -5.92. The Morgan fingerprint density at radius 3 is 1.64 bits per heavy atom. The molecule has 0 aliphatic carbocycles. The van der Waals surface area contributed by atoms with Gasteiger partial charge in [-0.1, -0.05) is 151 Å². The summed E-state index contributed by atoms with van der Waals surface area (Å²) >= 11 is 0. The summed E-state index contributed by atoms with van der Waals surface area (Å²) in [4.78, 5) is 0. The lowest BCUT2D eigenvalue weighted by atomic mass is 9.85. The molecule has 0 fully saturated rings. The minimum Gasteiger partial charge on any atom is -0.456 e. The highest BCUT2D eigenvalue weighted by Crippen LogP contribution is 2.45. The molecule has 0 saturated heterocycles. The van der Waals surface area contributed by atoms with Gasteiger partial charge in [-0.25, -0.2) is 0 Å². The standard InChI is InChI=1S/C44H28O/c1-3-12-29(13-4-1)30-22-24-32(25-23-30)42-35-16-7-9-18-37(35)43(38-19-10-8-17-36(38)42)33-26-27-40-39(28-33)44-34(20-11-21-41(44)45-40)31-14-5-2-6-15-31/h1-28H/i1D,3D,4D,11D,12D,13D,20D,21D,26D,27D,28D. The molecule has 45 heavy (non-hydrogen) atoms. The molecule has 1 heteroatoms. The van der Waals surface area contributed by atoms with Crippen LogP contribution in [0.2, 0.25) is 0 Å². The van der Waals surface area contributed by atoms with E-state index in [1.165, 1.54) is 0 Å². The first-order valence-electron chi connectivity index (χ1n) is 20.0. The third-order valence-corrected chi connectivity index (χ3v) is 8.28. The fourth-order valence-corrected chi connectivity index (χ4v) is 6.31. The first-order valence-corrected chi connectivity index (χ1v) is 14.5. The van der Waals surface area contributed by atoms with Gasteiger partial charge in [-0.05, 0) is 84.2 Å². The van der Waals surface area contributed by atoms with Crippen molar-refractivity contribution in [1.29, 1.82) is 0 Å². The van der Waals surface area contributed by atoms with Crippen LogP contribution in [0.5, 0.6) is 0 Å². The van der Waals surface area contributed by atoms with E-state index in [0.29, 0.717) is 33.0 Å². The van der Waals surface area contributed by atoms with Crippen molar-refractivity contribution >= 4 is 43.5 Å². The number of rotatable bonds is 4. The summed E-state index contributed by atoms with van der Waals surface area (Å²) < 4.78 is 102. The summed E-state index contributed by atoms with van der Waals surface area (Å²) in [7, 11) is 0. The van der Waals surface area contributed by atoms with Crippen LogP contribution in [-0.4, -0.2) is 0 Å².